The molecular weight excluding hydrogens is 327 g/mol. The zero-order valence-corrected chi connectivity index (χ0v) is 11.2. The maximum atomic E-state index is 12.9. The standard InChI is InChI=1S/C12H9BrF3NO2/c13-7-3-4-8(9(6-7)12(14,15)16)11(19)17-5-1-2-10(17)18/h3-4,6H,1-2,5H2. The quantitative estimate of drug-likeness (QED) is 0.739. The molecule has 102 valence electrons. The summed E-state index contributed by atoms with van der Waals surface area (Å²) >= 11 is 2.94. The Balaban J connectivity index is 2.44. The molecule has 1 aliphatic heterocycles. The second kappa shape index (κ2) is 4.96. The van der Waals surface area contributed by atoms with Gasteiger partial charge in [-0.3, -0.25) is 14.5 Å². The van der Waals surface area contributed by atoms with Crippen molar-refractivity contribution in [3.8, 4) is 0 Å². The molecule has 0 aromatic heterocycles. The lowest BCUT2D eigenvalue weighted by Gasteiger charge is -2.17. The van der Waals surface area contributed by atoms with Crippen molar-refractivity contribution in [2.24, 2.45) is 0 Å². The van der Waals surface area contributed by atoms with Crippen molar-refractivity contribution in [3.05, 3.63) is 33.8 Å². The van der Waals surface area contributed by atoms with Crippen LogP contribution >= 0.6 is 15.9 Å². The number of carbonyl (C=O) groups excluding carboxylic acids is 2. The average Bonchev–Trinajstić information content (AvgIpc) is 2.73. The largest absolute Gasteiger partial charge is 0.417 e. The Morgan fingerprint density at radius 1 is 1.32 bits per heavy atom. The number of imide groups is 1. The topological polar surface area (TPSA) is 37.4 Å². The normalized spacial score (nSPS) is 16.0. The SMILES string of the molecule is O=C1CCCN1C(=O)c1ccc(Br)cc1C(F)(F)F. The summed E-state index contributed by atoms with van der Waals surface area (Å²) in [5, 5.41) is 0. The Kier molecular flexibility index (Phi) is 3.66. The molecule has 1 saturated heterocycles. The van der Waals surface area contributed by atoms with Crippen LogP contribution in [0.25, 0.3) is 0 Å². The summed E-state index contributed by atoms with van der Waals surface area (Å²) in [6, 6.07) is 3.28. The second-order valence-electron chi connectivity index (χ2n) is 4.14. The molecule has 0 radical (unpaired) electrons. The van der Waals surface area contributed by atoms with E-state index in [0.29, 0.717) is 6.42 Å². The number of benzene rings is 1. The van der Waals surface area contributed by atoms with Gasteiger partial charge in [0.15, 0.2) is 0 Å². The number of hydrogen-bond donors (Lipinski definition) is 0. The van der Waals surface area contributed by atoms with Crippen LogP contribution in [0, 0.1) is 0 Å². The van der Waals surface area contributed by atoms with Crippen molar-refractivity contribution in [3.63, 3.8) is 0 Å². The van der Waals surface area contributed by atoms with Crippen molar-refractivity contribution in [2.75, 3.05) is 6.54 Å². The van der Waals surface area contributed by atoms with Gasteiger partial charge in [-0.1, -0.05) is 15.9 Å². The van der Waals surface area contributed by atoms with E-state index in [1.165, 1.54) is 6.07 Å². The van der Waals surface area contributed by atoms with Gasteiger partial charge < -0.3 is 0 Å². The van der Waals surface area contributed by atoms with Crippen LogP contribution in [0.15, 0.2) is 22.7 Å². The van der Waals surface area contributed by atoms with Crippen molar-refractivity contribution < 1.29 is 22.8 Å². The van der Waals surface area contributed by atoms with Gasteiger partial charge in [-0.15, -0.1) is 0 Å². The molecule has 1 aromatic rings. The Morgan fingerprint density at radius 3 is 2.53 bits per heavy atom. The van der Waals surface area contributed by atoms with Crippen molar-refractivity contribution in [1.82, 2.24) is 4.90 Å². The fourth-order valence-electron chi connectivity index (χ4n) is 1.95. The Labute approximate surface area is 115 Å². The van der Waals surface area contributed by atoms with E-state index in [1.54, 1.807) is 0 Å². The highest BCUT2D eigenvalue weighted by atomic mass is 79.9. The lowest BCUT2D eigenvalue weighted by Crippen LogP contribution is -2.33. The number of carbonyl (C=O) groups is 2. The van der Waals surface area contributed by atoms with Gasteiger partial charge in [0.25, 0.3) is 5.91 Å². The minimum atomic E-state index is -4.64. The predicted octanol–water partition coefficient (Wildman–Crippen LogP) is 3.23. The van der Waals surface area contributed by atoms with Crippen LogP contribution in [-0.2, 0) is 11.0 Å². The second-order valence-corrected chi connectivity index (χ2v) is 5.06. The number of likely N-dealkylation sites (tertiary alicyclic amines) is 1. The Morgan fingerprint density at radius 2 is 2.00 bits per heavy atom. The average molecular weight is 336 g/mol. The first-order valence-corrected chi connectivity index (χ1v) is 6.31. The molecule has 0 unspecified atom stereocenters. The number of alkyl halides is 3. The fraction of sp³-hybridized carbons (Fsp3) is 0.333. The third-order valence-electron chi connectivity index (χ3n) is 2.84. The van der Waals surface area contributed by atoms with Crippen molar-refractivity contribution in [1.29, 1.82) is 0 Å². The third-order valence-corrected chi connectivity index (χ3v) is 3.33. The summed E-state index contributed by atoms with van der Waals surface area (Å²) < 4.78 is 38.9. The number of halogens is 4. The summed E-state index contributed by atoms with van der Waals surface area (Å²) in [4.78, 5) is 24.3. The number of amides is 2. The van der Waals surface area contributed by atoms with Crippen molar-refractivity contribution >= 4 is 27.7 Å². The Hall–Kier alpha value is -1.37. The smallest absolute Gasteiger partial charge is 0.278 e. The summed E-state index contributed by atoms with van der Waals surface area (Å²) in [5.41, 5.74) is -1.53. The van der Waals surface area contributed by atoms with Crippen LogP contribution in [0.5, 0.6) is 0 Å². The molecule has 1 heterocycles. The first-order valence-electron chi connectivity index (χ1n) is 5.52. The third kappa shape index (κ3) is 2.80. The van der Waals surface area contributed by atoms with Crippen LogP contribution in [0.4, 0.5) is 13.2 Å². The van der Waals surface area contributed by atoms with Gasteiger partial charge in [0, 0.05) is 17.4 Å². The van der Waals surface area contributed by atoms with Crippen molar-refractivity contribution in [2.45, 2.75) is 19.0 Å². The van der Waals surface area contributed by atoms with Gasteiger partial charge in [-0.25, -0.2) is 0 Å². The molecule has 0 saturated carbocycles. The lowest BCUT2D eigenvalue weighted by atomic mass is 10.1. The zero-order chi connectivity index (χ0) is 14.2. The van der Waals surface area contributed by atoms with E-state index < -0.39 is 29.1 Å². The maximum absolute atomic E-state index is 12.9. The molecule has 2 amide bonds. The summed E-state index contributed by atoms with van der Waals surface area (Å²) in [6.45, 7) is 0.172. The van der Waals surface area contributed by atoms with Crippen LogP contribution in [0.2, 0.25) is 0 Å². The molecule has 0 N–H and O–H groups in total. The number of rotatable bonds is 1. The summed E-state index contributed by atoms with van der Waals surface area (Å²) in [7, 11) is 0. The minimum Gasteiger partial charge on any atom is -0.278 e. The van der Waals surface area contributed by atoms with Gasteiger partial charge in [0.1, 0.15) is 0 Å². The molecule has 19 heavy (non-hydrogen) atoms. The molecule has 0 bridgehead atoms. The van der Waals surface area contributed by atoms with E-state index in [9.17, 15) is 22.8 Å². The molecule has 0 spiro atoms. The summed E-state index contributed by atoms with van der Waals surface area (Å²) in [5.74, 6) is -1.32. The highest BCUT2D eigenvalue weighted by Gasteiger charge is 2.38. The fourth-order valence-corrected chi connectivity index (χ4v) is 2.31. The van der Waals surface area contributed by atoms with Gasteiger partial charge in [-0.05, 0) is 24.6 Å². The lowest BCUT2D eigenvalue weighted by molar-refractivity contribution is -0.138. The molecule has 0 aliphatic carbocycles. The molecule has 1 fully saturated rings. The van der Waals surface area contributed by atoms with E-state index >= 15 is 0 Å². The molecule has 7 heteroatoms. The first-order chi connectivity index (χ1) is 8.80. The van der Waals surface area contributed by atoms with E-state index in [4.69, 9.17) is 0 Å². The Bertz CT molecular complexity index is 542. The van der Waals surface area contributed by atoms with E-state index in [0.717, 1.165) is 17.0 Å². The van der Waals surface area contributed by atoms with Gasteiger partial charge in [0.2, 0.25) is 5.91 Å². The monoisotopic (exact) mass is 335 g/mol. The molecule has 1 aromatic carbocycles. The zero-order valence-electron chi connectivity index (χ0n) is 9.63. The highest BCUT2D eigenvalue weighted by molar-refractivity contribution is 9.10. The van der Waals surface area contributed by atoms with E-state index in [1.807, 2.05) is 0 Å². The van der Waals surface area contributed by atoms with Crippen LogP contribution in [0.1, 0.15) is 28.8 Å². The molecule has 2 rings (SSSR count). The number of nitrogens with zero attached hydrogens (tertiary/aromatic N) is 1. The minimum absolute atomic E-state index is 0.172. The van der Waals surface area contributed by atoms with E-state index in [-0.39, 0.29) is 17.4 Å². The number of hydrogen-bond acceptors (Lipinski definition) is 2. The molecule has 0 atom stereocenters. The van der Waals surface area contributed by atoms with Crippen LogP contribution < -0.4 is 0 Å². The predicted molar refractivity (Wildman–Crippen MR) is 64.4 cm³/mol. The molecule has 1 aliphatic rings. The first kappa shape index (κ1) is 14.0. The maximum Gasteiger partial charge on any atom is 0.417 e. The van der Waals surface area contributed by atoms with Gasteiger partial charge in [-0.2, -0.15) is 13.2 Å². The molecule has 3 nitrogen and oxygen atoms in total. The highest BCUT2D eigenvalue weighted by Crippen LogP contribution is 2.34. The molecular formula is C12H9BrF3NO2. The van der Waals surface area contributed by atoms with Gasteiger partial charge >= 0.3 is 6.18 Å². The van der Waals surface area contributed by atoms with Crippen LogP contribution in [-0.4, -0.2) is 23.3 Å². The van der Waals surface area contributed by atoms with Gasteiger partial charge in [0.05, 0.1) is 11.1 Å². The van der Waals surface area contributed by atoms with E-state index in [2.05, 4.69) is 15.9 Å². The van der Waals surface area contributed by atoms with Crippen LogP contribution in [0.3, 0.4) is 0 Å². The summed E-state index contributed by atoms with van der Waals surface area (Å²) in [6.07, 6.45) is -3.95.